The van der Waals surface area contributed by atoms with Gasteiger partial charge in [0.15, 0.2) is 11.5 Å². The standard InChI is InChI=1S/C25H21ClF3N3O3/c1-34-22-11-17-16(7-8-30-21(17)12-23(22)35-2)14-32-9-3-4-20(24(32)33)31-13-15-5-6-19(26)18(10-15)25(27,28)29/h3-12,31H,13-14H2,1-2H3. The van der Waals surface area contributed by atoms with Crippen LogP contribution in [0.3, 0.4) is 0 Å². The van der Waals surface area contributed by atoms with Crippen LogP contribution in [0.2, 0.25) is 5.02 Å². The van der Waals surface area contributed by atoms with Gasteiger partial charge in [-0.25, -0.2) is 0 Å². The topological polar surface area (TPSA) is 65.4 Å². The van der Waals surface area contributed by atoms with E-state index >= 15 is 0 Å². The number of aromatic nitrogens is 2. The highest BCUT2D eigenvalue weighted by atomic mass is 35.5. The van der Waals surface area contributed by atoms with Gasteiger partial charge in [-0.2, -0.15) is 13.2 Å². The fourth-order valence-electron chi connectivity index (χ4n) is 3.74. The van der Waals surface area contributed by atoms with Gasteiger partial charge in [-0.1, -0.05) is 17.7 Å². The Hall–Kier alpha value is -3.72. The van der Waals surface area contributed by atoms with Crippen LogP contribution in [0, 0.1) is 0 Å². The van der Waals surface area contributed by atoms with Crippen LogP contribution in [0.4, 0.5) is 18.9 Å². The van der Waals surface area contributed by atoms with Crippen LogP contribution in [0.5, 0.6) is 11.5 Å². The van der Waals surface area contributed by atoms with Crippen LogP contribution in [0.25, 0.3) is 10.9 Å². The molecule has 2 aromatic heterocycles. The van der Waals surface area contributed by atoms with Gasteiger partial charge in [0.1, 0.15) is 5.69 Å². The number of nitrogens with one attached hydrogen (secondary N) is 1. The zero-order chi connectivity index (χ0) is 25.2. The first-order chi connectivity index (χ1) is 16.7. The number of pyridine rings is 2. The van der Waals surface area contributed by atoms with Crippen LogP contribution >= 0.6 is 11.6 Å². The Bertz CT molecular complexity index is 1440. The third-order valence-corrected chi connectivity index (χ3v) is 5.85. The van der Waals surface area contributed by atoms with Crippen molar-refractivity contribution in [1.82, 2.24) is 9.55 Å². The molecule has 2 aromatic carbocycles. The van der Waals surface area contributed by atoms with Crippen LogP contribution < -0.4 is 20.3 Å². The molecule has 1 N–H and O–H groups in total. The van der Waals surface area contributed by atoms with Gasteiger partial charge >= 0.3 is 6.18 Å². The zero-order valence-corrected chi connectivity index (χ0v) is 19.6. The molecule has 182 valence electrons. The monoisotopic (exact) mass is 503 g/mol. The maximum atomic E-state index is 13.1. The molecule has 0 radical (unpaired) electrons. The summed E-state index contributed by atoms with van der Waals surface area (Å²) in [5.74, 6) is 1.09. The van der Waals surface area contributed by atoms with Crippen molar-refractivity contribution < 1.29 is 22.6 Å². The van der Waals surface area contributed by atoms with Crippen molar-refractivity contribution in [1.29, 1.82) is 0 Å². The predicted octanol–water partition coefficient (Wildman–Crippen LogP) is 5.75. The maximum absolute atomic E-state index is 13.1. The minimum Gasteiger partial charge on any atom is -0.493 e. The van der Waals surface area contributed by atoms with Crippen LogP contribution in [-0.2, 0) is 19.3 Å². The summed E-state index contributed by atoms with van der Waals surface area (Å²) in [6, 6.07) is 12.3. The lowest BCUT2D eigenvalue weighted by Crippen LogP contribution is -2.23. The first kappa shape index (κ1) is 24.4. The van der Waals surface area contributed by atoms with E-state index < -0.39 is 11.7 Å². The molecule has 0 fully saturated rings. The highest BCUT2D eigenvalue weighted by Gasteiger charge is 2.33. The van der Waals surface area contributed by atoms with Gasteiger partial charge in [0.25, 0.3) is 5.56 Å². The smallest absolute Gasteiger partial charge is 0.417 e. The van der Waals surface area contributed by atoms with E-state index in [1.165, 1.54) is 23.8 Å². The third kappa shape index (κ3) is 5.19. The predicted molar refractivity (Wildman–Crippen MR) is 128 cm³/mol. The fourth-order valence-corrected chi connectivity index (χ4v) is 3.97. The Morgan fingerprint density at radius 1 is 1.06 bits per heavy atom. The molecule has 0 aliphatic rings. The molecular weight excluding hydrogens is 483 g/mol. The van der Waals surface area contributed by atoms with Gasteiger partial charge < -0.3 is 19.4 Å². The molecule has 0 amide bonds. The molecule has 0 bridgehead atoms. The number of benzene rings is 2. The van der Waals surface area contributed by atoms with E-state index in [4.69, 9.17) is 21.1 Å². The molecule has 0 unspecified atom stereocenters. The number of alkyl halides is 3. The Labute approximate surface area is 203 Å². The van der Waals surface area contributed by atoms with Crippen molar-refractivity contribution in [3.05, 3.63) is 93.0 Å². The van der Waals surface area contributed by atoms with Crippen molar-refractivity contribution in [2.24, 2.45) is 0 Å². The molecule has 0 spiro atoms. The van der Waals surface area contributed by atoms with Gasteiger partial charge in [-0.3, -0.25) is 9.78 Å². The number of methoxy groups -OCH3 is 2. The van der Waals surface area contributed by atoms with Crippen molar-refractivity contribution in [2.75, 3.05) is 19.5 Å². The average molecular weight is 504 g/mol. The number of ether oxygens (including phenoxy) is 2. The second kappa shape index (κ2) is 9.87. The van der Waals surface area contributed by atoms with E-state index in [0.717, 1.165) is 17.0 Å². The van der Waals surface area contributed by atoms with Crippen LogP contribution in [0.15, 0.2) is 65.7 Å². The molecule has 10 heteroatoms. The molecule has 0 aliphatic carbocycles. The number of anilines is 1. The molecule has 0 atom stereocenters. The highest BCUT2D eigenvalue weighted by Crippen LogP contribution is 2.35. The number of hydrogen-bond acceptors (Lipinski definition) is 5. The molecular formula is C25H21ClF3N3O3. The summed E-state index contributed by atoms with van der Waals surface area (Å²) in [4.78, 5) is 17.4. The SMILES string of the molecule is COc1cc2nccc(Cn3cccc(NCc4ccc(Cl)c(C(F)(F)F)c4)c3=O)c2cc1OC. The van der Waals surface area contributed by atoms with E-state index in [-0.39, 0.29) is 29.4 Å². The lowest BCUT2D eigenvalue weighted by molar-refractivity contribution is -0.137. The summed E-state index contributed by atoms with van der Waals surface area (Å²) in [5, 5.41) is 3.36. The van der Waals surface area contributed by atoms with Gasteiger partial charge in [0, 0.05) is 30.4 Å². The maximum Gasteiger partial charge on any atom is 0.417 e. The van der Waals surface area contributed by atoms with Crippen LogP contribution in [-0.4, -0.2) is 23.8 Å². The van der Waals surface area contributed by atoms with Gasteiger partial charge in [-0.15, -0.1) is 0 Å². The largest absolute Gasteiger partial charge is 0.493 e. The van der Waals surface area contributed by atoms with E-state index in [0.29, 0.717) is 22.6 Å². The molecule has 0 aliphatic heterocycles. The van der Waals surface area contributed by atoms with Crippen molar-refractivity contribution in [3.8, 4) is 11.5 Å². The third-order valence-electron chi connectivity index (χ3n) is 5.52. The lowest BCUT2D eigenvalue weighted by atomic mass is 10.1. The van der Waals surface area contributed by atoms with Crippen molar-refractivity contribution in [3.63, 3.8) is 0 Å². The summed E-state index contributed by atoms with van der Waals surface area (Å²) < 4.78 is 51.7. The molecule has 4 aromatic rings. The molecule has 6 nitrogen and oxygen atoms in total. The van der Waals surface area contributed by atoms with E-state index in [9.17, 15) is 18.0 Å². The Balaban J connectivity index is 1.60. The van der Waals surface area contributed by atoms with Crippen LogP contribution in [0.1, 0.15) is 16.7 Å². The summed E-state index contributed by atoms with van der Waals surface area (Å²) in [6.07, 6.45) is -1.27. The summed E-state index contributed by atoms with van der Waals surface area (Å²) in [7, 11) is 3.08. The first-order valence-corrected chi connectivity index (χ1v) is 10.9. The van der Waals surface area contributed by atoms with Gasteiger partial charge in [-0.05, 0) is 47.5 Å². The second-order valence-electron chi connectivity index (χ2n) is 7.71. The molecule has 0 saturated heterocycles. The quantitative estimate of drug-likeness (QED) is 0.348. The normalized spacial score (nSPS) is 11.5. The molecule has 2 heterocycles. The number of halogens is 4. The lowest BCUT2D eigenvalue weighted by Gasteiger charge is -2.14. The Kier molecular flexibility index (Phi) is 6.88. The first-order valence-electron chi connectivity index (χ1n) is 10.5. The fraction of sp³-hybridized carbons (Fsp3) is 0.200. The van der Waals surface area contributed by atoms with Crippen molar-refractivity contribution in [2.45, 2.75) is 19.3 Å². The van der Waals surface area contributed by atoms with Gasteiger partial charge in [0.2, 0.25) is 0 Å². The number of hydrogen-bond donors (Lipinski definition) is 1. The van der Waals surface area contributed by atoms with E-state index in [1.807, 2.05) is 12.1 Å². The minimum atomic E-state index is -4.56. The molecule has 4 rings (SSSR count). The number of rotatable bonds is 7. The highest BCUT2D eigenvalue weighted by molar-refractivity contribution is 6.31. The second-order valence-corrected chi connectivity index (χ2v) is 8.12. The summed E-state index contributed by atoms with van der Waals surface area (Å²) in [6.45, 7) is 0.275. The summed E-state index contributed by atoms with van der Waals surface area (Å²) in [5.41, 5.74) is 0.892. The van der Waals surface area contributed by atoms with E-state index in [2.05, 4.69) is 10.3 Å². The average Bonchev–Trinajstić information content (AvgIpc) is 2.84. The minimum absolute atomic E-state index is 0.0225. The molecule has 35 heavy (non-hydrogen) atoms. The Morgan fingerprint density at radius 2 is 1.80 bits per heavy atom. The Morgan fingerprint density at radius 3 is 2.51 bits per heavy atom. The van der Waals surface area contributed by atoms with Crippen molar-refractivity contribution >= 4 is 28.2 Å². The van der Waals surface area contributed by atoms with Gasteiger partial charge in [0.05, 0.1) is 36.9 Å². The summed E-state index contributed by atoms with van der Waals surface area (Å²) >= 11 is 5.69. The zero-order valence-electron chi connectivity index (χ0n) is 18.8. The number of nitrogens with zero attached hydrogens (tertiary/aromatic N) is 2. The number of fused-ring (bicyclic) bond motifs is 1. The van der Waals surface area contributed by atoms with E-state index in [1.54, 1.807) is 37.7 Å². The molecule has 0 saturated carbocycles.